The molecule has 1 aromatic carbocycles. The van der Waals surface area contributed by atoms with Gasteiger partial charge in [0.2, 0.25) is 0 Å². The van der Waals surface area contributed by atoms with Crippen molar-refractivity contribution in [3.63, 3.8) is 0 Å². The van der Waals surface area contributed by atoms with Crippen LogP contribution in [0.2, 0.25) is 5.02 Å². The van der Waals surface area contributed by atoms with Crippen molar-refractivity contribution in [1.82, 2.24) is 0 Å². The number of ketones is 1. The van der Waals surface area contributed by atoms with Crippen molar-refractivity contribution in [3.05, 3.63) is 59.0 Å². The molecule has 2 rings (SSSR count). The van der Waals surface area contributed by atoms with E-state index in [0.717, 1.165) is 5.76 Å². The molecule has 2 aromatic rings. The van der Waals surface area contributed by atoms with Gasteiger partial charge in [0.15, 0.2) is 5.78 Å². The first-order valence-corrected chi connectivity index (χ1v) is 6.68. The fourth-order valence-corrected chi connectivity index (χ4v) is 2.45. The van der Waals surface area contributed by atoms with E-state index in [1.165, 1.54) is 11.8 Å². The van der Waals surface area contributed by atoms with E-state index in [-0.39, 0.29) is 5.78 Å². The minimum atomic E-state index is 0.0483. The third kappa shape index (κ3) is 3.38. The van der Waals surface area contributed by atoms with Gasteiger partial charge in [-0.3, -0.25) is 4.79 Å². The molecule has 0 saturated heterocycles. The third-order valence-electron chi connectivity index (χ3n) is 2.23. The molecule has 0 fully saturated rings. The molecule has 0 atom stereocenters. The van der Waals surface area contributed by atoms with E-state index in [9.17, 15) is 4.79 Å². The molecule has 1 aromatic heterocycles. The Morgan fingerprint density at radius 3 is 2.76 bits per heavy atom. The summed E-state index contributed by atoms with van der Waals surface area (Å²) >= 11 is 7.47. The Hall–Kier alpha value is -1.19. The second-order valence-electron chi connectivity index (χ2n) is 3.48. The quantitative estimate of drug-likeness (QED) is 0.765. The Morgan fingerprint density at radius 2 is 2.06 bits per heavy atom. The molecule has 0 unspecified atom stereocenters. The summed E-state index contributed by atoms with van der Waals surface area (Å²) < 4.78 is 5.19. The van der Waals surface area contributed by atoms with Crippen LogP contribution in [0.15, 0.2) is 47.1 Å². The fourth-order valence-electron chi connectivity index (χ4n) is 1.40. The minimum Gasteiger partial charge on any atom is -0.468 e. The zero-order valence-electron chi connectivity index (χ0n) is 9.06. The lowest BCUT2D eigenvalue weighted by Gasteiger charge is -2.02. The van der Waals surface area contributed by atoms with Gasteiger partial charge in [-0.25, -0.2) is 0 Å². The van der Waals surface area contributed by atoms with E-state index in [4.69, 9.17) is 16.0 Å². The predicted octanol–water partition coefficient (Wildman–Crippen LogP) is 4.05. The first-order valence-electron chi connectivity index (χ1n) is 5.15. The Morgan fingerprint density at radius 1 is 1.24 bits per heavy atom. The Bertz CT molecular complexity index is 494. The lowest BCUT2D eigenvalue weighted by molar-refractivity contribution is 0.102. The highest BCUT2D eigenvalue weighted by Crippen LogP contribution is 2.19. The maximum atomic E-state index is 11.9. The summed E-state index contributed by atoms with van der Waals surface area (Å²) in [5, 5.41) is 0.510. The Labute approximate surface area is 109 Å². The van der Waals surface area contributed by atoms with Crippen molar-refractivity contribution in [1.29, 1.82) is 0 Å². The van der Waals surface area contributed by atoms with Gasteiger partial charge in [0.05, 0.1) is 22.8 Å². The average molecular weight is 267 g/mol. The van der Waals surface area contributed by atoms with E-state index in [1.54, 1.807) is 18.4 Å². The Balaban J connectivity index is 1.88. The number of Topliss-reactive ketones (excluding diaryl/α,β-unsaturated/α-hetero) is 1. The van der Waals surface area contributed by atoms with Crippen LogP contribution >= 0.6 is 23.4 Å². The molecule has 2 nitrogen and oxygen atoms in total. The molecule has 0 amide bonds. The van der Waals surface area contributed by atoms with Gasteiger partial charge in [0.1, 0.15) is 5.76 Å². The van der Waals surface area contributed by atoms with Gasteiger partial charge < -0.3 is 4.42 Å². The molecule has 17 heavy (non-hydrogen) atoms. The maximum Gasteiger partial charge on any atom is 0.174 e. The van der Waals surface area contributed by atoms with Crippen molar-refractivity contribution in [2.75, 3.05) is 5.75 Å². The standard InChI is InChI=1S/C13H11ClO2S/c14-12-6-2-1-5-11(12)13(15)9-17-8-10-4-3-7-16-10/h1-7H,8-9H2. The van der Waals surface area contributed by atoms with Crippen LogP contribution in [0, 0.1) is 0 Å². The number of thioether (sulfide) groups is 1. The van der Waals surface area contributed by atoms with Crippen LogP contribution in [0.3, 0.4) is 0 Å². The first kappa shape index (κ1) is 12.3. The zero-order chi connectivity index (χ0) is 12.1. The number of carbonyl (C=O) groups is 1. The highest BCUT2D eigenvalue weighted by atomic mass is 35.5. The molecular weight excluding hydrogens is 256 g/mol. The second-order valence-corrected chi connectivity index (χ2v) is 4.87. The molecule has 0 aliphatic heterocycles. The van der Waals surface area contributed by atoms with Gasteiger partial charge in [-0.15, -0.1) is 11.8 Å². The van der Waals surface area contributed by atoms with Crippen LogP contribution in [-0.4, -0.2) is 11.5 Å². The van der Waals surface area contributed by atoms with E-state index < -0.39 is 0 Å². The molecule has 0 saturated carbocycles. The molecule has 0 bridgehead atoms. The molecule has 0 aliphatic rings. The SMILES string of the molecule is O=C(CSCc1ccco1)c1ccccc1Cl. The monoisotopic (exact) mass is 266 g/mol. The van der Waals surface area contributed by atoms with Gasteiger partial charge in [0.25, 0.3) is 0 Å². The number of furan rings is 1. The number of rotatable bonds is 5. The van der Waals surface area contributed by atoms with Crippen LogP contribution in [0.5, 0.6) is 0 Å². The largest absolute Gasteiger partial charge is 0.468 e. The lowest BCUT2D eigenvalue weighted by atomic mass is 10.1. The van der Waals surface area contributed by atoms with Crippen LogP contribution in [0.4, 0.5) is 0 Å². The maximum absolute atomic E-state index is 11.9. The number of hydrogen-bond donors (Lipinski definition) is 0. The summed E-state index contributed by atoms with van der Waals surface area (Å²) in [7, 11) is 0. The molecule has 0 radical (unpaired) electrons. The normalized spacial score (nSPS) is 10.4. The van der Waals surface area contributed by atoms with E-state index in [0.29, 0.717) is 22.1 Å². The number of carbonyl (C=O) groups excluding carboxylic acids is 1. The van der Waals surface area contributed by atoms with Gasteiger partial charge in [0, 0.05) is 5.56 Å². The van der Waals surface area contributed by atoms with Crippen molar-refractivity contribution >= 4 is 29.1 Å². The average Bonchev–Trinajstić information content (AvgIpc) is 2.82. The predicted molar refractivity (Wildman–Crippen MR) is 70.7 cm³/mol. The van der Waals surface area contributed by atoms with Gasteiger partial charge in [-0.05, 0) is 24.3 Å². The van der Waals surface area contributed by atoms with Crippen molar-refractivity contribution < 1.29 is 9.21 Å². The van der Waals surface area contributed by atoms with Crippen molar-refractivity contribution in [2.24, 2.45) is 0 Å². The number of halogens is 1. The van der Waals surface area contributed by atoms with Crippen LogP contribution in [0.25, 0.3) is 0 Å². The van der Waals surface area contributed by atoms with E-state index in [1.807, 2.05) is 24.3 Å². The smallest absolute Gasteiger partial charge is 0.174 e. The van der Waals surface area contributed by atoms with Crippen molar-refractivity contribution in [2.45, 2.75) is 5.75 Å². The number of hydrogen-bond acceptors (Lipinski definition) is 3. The Kier molecular flexibility index (Phi) is 4.29. The van der Waals surface area contributed by atoms with E-state index >= 15 is 0 Å². The minimum absolute atomic E-state index is 0.0483. The van der Waals surface area contributed by atoms with Crippen molar-refractivity contribution in [3.8, 4) is 0 Å². The highest BCUT2D eigenvalue weighted by Gasteiger charge is 2.09. The molecule has 0 spiro atoms. The highest BCUT2D eigenvalue weighted by molar-refractivity contribution is 7.99. The van der Waals surface area contributed by atoms with Gasteiger partial charge in [-0.2, -0.15) is 0 Å². The zero-order valence-corrected chi connectivity index (χ0v) is 10.6. The molecule has 0 N–H and O–H groups in total. The van der Waals surface area contributed by atoms with E-state index in [2.05, 4.69) is 0 Å². The first-order chi connectivity index (χ1) is 8.27. The lowest BCUT2D eigenvalue weighted by Crippen LogP contribution is -2.03. The molecule has 4 heteroatoms. The third-order valence-corrected chi connectivity index (χ3v) is 3.52. The number of benzene rings is 1. The van der Waals surface area contributed by atoms with Crippen LogP contribution in [0.1, 0.15) is 16.1 Å². The molecule has 88 valence electrons. The van der Waals surface area contributed by atoms with Gasteiger partial charge >= 0.3 is 0 Å². The fraction of sp³-hybridized carbons (Fsp3) is 0.154. The summed E-state index contributed by atoms with van der Waals surface area (Å²) in [6, 6.07) is 10.8. The van der Waals surface area contributed by atoms with Crippen LogP contribution < -0.4 is 0 Å². The summed E-state index contributed by atoms with van der Waals surface area (Å²) in [6.45, 7) is 0. The summed E-state index contributed by atoms with van der Waals surface area (Å²) in [5.74, 6) is 2.03. The molecular formula is C13H11ClO2S. The second kappa shape index (κ2) is 5.94. The van der Waals surface area contributed by atoms with Crippen LogP contribution in [-0.2, 0) is 5.75 Å². The topological polar surface area (TPSA) is 30.2 Å². The summed E-state index contributed by atoms with van der Waals surface area (Å²) in [5.41, 5.74) is 0.584. The summed E-state index contributed by atoms with van der Waals surface area (Å²) in [4.78, 5) is 11.9. The molecule has 0 aliphatic carbocycles. The summed E-state index contributed by atoms with van der Waals surface area (Å²) in [6.07, 6.45) is 1.63. The van der Waals surface area contributed by atoms with Gasteiger partial charge in [-0.1, -0.05) is 23.7 Å². The molecule has 1 heterocycles.